The Morgan fingerprint density at radius 1 is 1.36 bits per heavy atom. The number of hydrogen-bond acceptors (Lipinski definition) is 4. The first-order valence-electron chi connectivity index (χ1n) is 7.44. The number of aromatic nitrogens is 2. The smallest absolute Gasteiger partial charge is 0.225 e. The van der Waals surface area contributed by atoms with E-state index in [1.807, 2.05) is 0 Å². The molecule has 2 aromatic rings. The monoisotopic (exact) mass is 303 g/mol. The van der Waals surface area contributed by atoms with E-state index < -0.39 is 5.54 Å². The van der Waals surface area contributed by atoms with Crippen molar-refractivity contribution < 1.29 is 13.7 Å². The summed E-state index contributed by atoms with van der Waals surface area (Å²) >= 11 is 0. The van der Waals surface area contributed by atoms with Crippen LogP contribution in [0.4, 0.5) is 4.39 Å². The lowest BCUT2D eigenvalue weighted by molar-refractivity contribution is -0.122. The molecule has 22 heavy (non-hydrogen) atoms. The van der Waals surface area contributed by atoms with Crippen LogP contribution in [0.5, 0.6) is 0 Å². The first-order chi connectivity index (χ1) is 10.6. The minimum atomic E-state index is -0.583. The molecule has 0 radical (unpaired) electrons. The van der Waals surface area contributed by atoms with E-state index in [1.165, 1.54) is 6.07 Å². The van der Waals surface area contributed by atoms with E-state index in [1.54, 1.807) is 25.1 Å². The van der Waals surface area contributed by atoms with Gasteiger partial charge in [-0.1, -0.05) is 36.2 Å². The zero-order chi connectivity index (χ0) is 15.6. The Morgan fingerprint density at radius 2 is 2.09 bits per heavy atom. The second kappa shape index (κ2) is 5.87. The van der Waals surface area contributed by atoms with Gasteiger partial charge in [0, 0.05) is 6.92 Å². The third-order valence-corrected chi connectivity index (χ3v) is 4.10. The van der Waals surface area contributed by atoms with Crippen molar-refractivity contribution in [2.24, 2.45) is 0 Å². The van der Waals surface area contributed by atoms with E-state index in [9.17, 15) is 9.18 Å². The maximum Gasteiger partial charge on any atom is 0.225 e. The Bertz CT molecular complexity index is 678. The number of amides is 1. The molecule has 3 rings (SSSR count). The first-order valence-corrected chi connectivity index (χ1v) is 7.44. The third-order valence-electron chi connectivity index (χ3n) is 4.10. The maximum absolute atomic E-state index is 13.7. The highest BCUT2D eigenvalue weighted by molar-refractivity contribution is 5.79. The fourth-order valence-electron chi connectivity index (χ4n) is 3.00. The van der Waals surface area contributed by atoms with Crippen LogP contribution in [0.25, 0.3) is 0 Å². The summed E-state index contributed by atoms with van der Waals surface area (Å²) < 4.78 is 18.7. The van der Waals surface area contributed by atoms with Crippen molar-refractivity contribution in [2.45, 2.75) is 44.6 Å². The highest BCUT2D eigenvalue weighted by Crippen LogP contribution is 2.37. The number of carbonyl (C=O) groups is 1. The molecule has 1 aromatic heterocycles. The van der Waals surface area contributed by atoms with E-state index in [0.717, 1.165) is 25.7 Å². The predicted octanol–water partition coefficient (Wildman–Crippen LogP) is 2.65. The normalized spacial score (nSPS) is 16.6. The molecule has 6 heteroatoms. The highest BCUT2D eigenvalue weighted by atomic mass is 19.1. The van der Waals surface area contributed by atoms with Gasteiger partial charge in [-0.2, -0.15) is 4.98 Å². The minimum Gasteiger partial charge on any atom is -0.343 e. The van der Waals surface area contributed by atoms with Crippen LogP contribution < -0.4 is 5.32 Å². The van der Waals surface area contributed by atoms with Gasteiger partial charge in [0.05, 0.1) is 6.42 Å². The highest BCUT2D eigenvalue weighted by Gasteiger charge is 2.41. The summed E-state index contributed by atoms with van der Waals surface area (Å²) in [6, 6.07) is 6.31. The van der Waals surface area contributed by atoms with Crippen molar-refractivity contribution in [3.8, 4) is 0 Å². The molecular weight excluding hydrogens is 285 g/mol. The molecule has 116 valence electrons. The molecule has 0 unspecified atom stereocenters. The predicted molar refractivity (Wildman–Crippen MR) is 77.4 cm³/mol. The van der Waals surface area contributed by atoms with Crippen LogP contribution in [-0.2, 0) is 16.8 Å². The van der Waals surface area contributed by atoms with Crippen LogP contribution >= 0.6 is 0 Å². The van der Waals surface area contributed by atoms with Gasteiger partial charge >= 0.3 is 0 Å². The average molecular weight is 303 g/mol. The molecule has 1 N–H and O–H groups in total. The number of aryl methyl sites for hydroxylation is 1. The Labute approximate surface area is 127 Å². The van der Waals surface area contributed by atoms with Crippen LogP contribution in [0.3, 0.4) is 0 Å². The largest absolute Gasteiger partial charge is 0.343 e. The van der Waals surface area contributed by atoms with E-state index in [2.05, 4.69) is 15.5 Å². The number of nitrogens with one attached hydrogen (secondary N) is 1. The summed E-state index contributed by atoms with van der Waals surface area (Å²) in [4.78, 5) is 16.6. The summed E-state index contributed by atoms with van der Waals surface area (Å²) in [5.74, 6) is 0.400. The van der Waals surface area contributed by atoms with Gasteiger partial charge in [-0.05, 0) is 24.5 Å². The summed E-state index contributed by atoms with van der Waals surface area (Å²) in [6.45, 7) is 1.72. The molecule has 5 nitrogen and oxygen atoms in total. The molecule has 1 aromatic carbocycles. The Hall–Kier alpha value is -2.24. The van der Waals surface area contributed by atoms with Gasteiger partial charge in [0.25, 0.3) is 0 Å². The second-order valence-corrected chi connectivity index (χ2v) is 5.74. The molecule has 1 amide bonds. The van der Waals surface area contributed by atoms with Gasteiger partial charge in [0.15, 0.2) is 5.82 Å². The molecule has 0 bridgehead atoms. The van der Waals surface area contributed by atoms with Gasteiger partial charge < -0.3 is 9.84 Å². The van der Waals surface area contributed by atoms with Crippen molar-refractivity contribution in [1.29, 1.82) is 0 Å². The number of hydrogen-bond donors (Lipinski definition) is 1. The molecule has 0 atom stereocenters. The minimum absolute atomic E-state index is 0.00522. The zero-order valence-electron chi connectivity index (χ0n) is 12.4. The fourth-order valence-corrected chi connectivity index (χ4v) is 3.00. The lowest BCUT2D eigenvalue weighted by Crippen LogP contribution is -2.45. The van der Waals surface area contributed by atoms with E-state index in [0.29, 0.717) is 17.3 Å². The van der Waals surface area contributed by atoms with Crippen LogP contribution in [0.15, 0.2) is 28.8 Å². The quantitative estimate of drug-likeness (QED) is 0.943. The van der Waals surface area contributed by atoms with Crippen molar-refractivity contribution >= 4 is 5.91 Å². The van der Waals surface area contributed by atoms with Gasteiger partial charge in [0.1, 0.15) is 11.4 Å². The Morgan fingerprint density at radius 3 is 2.73 bits per heavy atom. The SMILES string of the molecule is Cc1nc(C2(NC(=O)Cc3ccccc3F)CCCC2)no1. The molecular formula is C16H18FN3O2. The zero-order valence-corrected chi connectivity index (χ0v) is 12.4. The summed E-state index contributed by atoms with van der Waals surface area (Å²) in [7, 11) is 0. The molecule has 0 spiro atoms. The third kappa shape index (κ3) is 2.86. The van der Waals surface area contributed by atoms with Gasteiger partial charge in [-0.15, -0.1) is 0 Å². The lowest BCUT2D eigenvalue weighted by atomic mass is 9.96. The molecule has 1 fully saturated rings. The van der Waals surface area contributed by atoms with Crippen LogP contribution in [0.1, 0.15) is 43.0 Å². The molecule has 1 aliphatic carbocycles. The Kier molecular flexibility index (Phi) is 3.92. The summed E-state index contributed by atoms with van der Waals surface area (Å²) in [5.41, 5.74) is -0.197. The van der Waals surface area contributed by atoms with Crippen molar-refractivity contribution in [3.63, 3.8) is 0 Å². The van der Waals surface area contributed by atoms with Crippen LogP contribution in [0, 0.1) is 12.7 Å². The second-order valence-electron chi connectivity index (χ2n) is 5.74. The molecule has 1 aliphatic rings. The van der Waals surface area contributed by atoms with Crippen LogP contribution in [-0.4, -0.2) is 16.0 Å². The number of nitrogens with zero attached hydrogens (tertiary/aromatic N) is 2. The van der Waals surface area contributed by atoms with Crippen LogP contribution in [0.2, 0.25) is 0 Å². The molecule has 0 saturated heterocycles. The Balaban J connectivity index is 1.77. The fraction of sp³-hybridized carbons (Fsp3) is 0.438. The molecule has 1 saturated carbocycles. The topological polar surface area (TPSA) is 68.0 Å². The average Bonchev–Trinajstić information content (AvgIpc) is 3.11. The molecule has 1 heterocycles. The first kappa shape index (κ1) is 14.7. The number of halogens is 1. The van der Waals surface area contributed by atoms with Crippen molar-refractivity contribution in [2.75, 3.05) is 0 Å². The van der Waals surface area contributed by atoms with E-state index >= 15 is 0 Å². The van der Waals surface area contributed by atoms with Crippen molar-refractivity contribution in [1.82, 2.24) is 15.5 Å². The van der Waals surface area contributed by atoms with E-state index in [4.69, 9.17) is 4.52 Å². The summed E-state index contributed by atoms with van der Waals surface area (Å²) in [6.07, 6.45) is 3.54. The van der Waals surface area contributed by atoms with Gasteiger partial charge in [-0.25, -0.2) is 4.39 Å². The number of carbonyl (C=O) groups excluding carboxylic acids is 1. The molecule has 0 aliphatic heterocycles. The van der Waals surface area contributed by atoms with Gasteiger partial charge in [0.2, 0.25) is 11.8 Å². The summed E-state index contributed by atoms with van der Waals surface area (Å²) in [5, 5.41) is 6.98. The maximum atomic E-state index is 13.7. The van der Waals surface area contributed by atoms with Crippen molar-refractivity contribution in [3.05, 3.63) is 47.4 Å². The lowest BCUT2D eigenvalue weighted by Gasteiger charge is -2.26. The number of benzene rings is 1. The number of rotatable bonds is 4. The van der Waals surface area contributed by atoms with E-state index in [-0.39, 0.29) is 18.1 Å². The standard InChI is InChI=1S/C16H18FN3O2/c1-11-18-15(20-22-11)16(8-4-5-9-16)19-14(21)10-12-6-2-3-7-13(12)17/h2-3,6-7H,4-5,8-10H2,1H3,(H,19,21). The van der Waals surface area contributed by atoms with Gasteiger partial charge in [-0.3, -0.25) is 4.79 Å².